The van der Waals surface area contributed by atoms with E-state index in [0.29, 0.717) is 21.7 Å². The highest BCUT2D eigenvalue weighted by atomic mass is 35.5. The molecular weight excluding hydrogens is 411 g/mol. The molecule has 28 heavy (non-hydrogen) atoms. The number of thiocarbonyl (C=S) groups is 1. The van der Waals surface area contributed by atoms with E-state index in [9.17, 15) is 0 Å². The molecule has 3 aromatic carbocycles. The van der Waals surface area contributed by atoms with E-state index in [1.54, 1.807) is 12.3 Å². The van der Waals surface area contributed by atoms with Gasteiger partial charge in [0.25, 0.3) is 0 Å². The Labute approximate surface area is 178 Å². The van der Waals surface area contributed by atoms with Crippen molar-refractivity contribution in [3.05, 3.63) is 88.7 Å². The van der Waals surface area contributed by atoms with Crippen molar-refractivity contribution in [1.29, 1.82) is 0 Å². The number of aromatic nitrogens is 2. The van der Waals surface area contributed by atoms with Crippen LogP contribution < -0.4 is 10.6 Å². The van der Waals surface area contributed by atoms with Gasteiger partial charge in [0.2, 0.25) is 0 Å². The molecule has 0 unspecified atom stereocenters. The predicted molar refractivity (Wildman–Crippen MR) is 122 cm³/mol. The molecule has 0 saturated carbocycles. The summed E-state index contributed by atoms with van der Waals surface area (Å²) < 4.78 is 1.81. The number of hydrogen-bond acceptors (Lipinski definition) is 2. The zero-order valence-electron chi connectivity index (χ0n) is 14.7. The Morgan fingerprint density at radius 2 is 1.79 bits per heavy atom. The second-order valence-electron chi connectivity index (χ2n) is 6.28. The molecular formula is C21H16Cl2N4S. The summed E-state index contributed by atoms with van der Waals surface area (Å²) in [5.41, 5.74) is 2.78. The van der Waals surface area contributed by atoms with Crippen LogP contribution in [0.15, 0.2) is 73.1 Å². The Hall–Kier alpha value is -2.60. The van der Waals surface area contributed by atoms with E-state index in [1.807, 2.05) is 47.3 Å². The molecule has 0 radical (unpaired) electrons. The molecule has 0 atom stereocenters. The number of fused-ring (bicyclic) bond motifs is 1. The van der Waals surface area contributed by atoms with Gasteiger partial charge in [-0.1, -0.05) is 65.7 Å². The normalized spacial score (nSPS) is 10.8. The summed E-state index contributed by atoms with van der Waals surface area (Å²) in [5, 5.41) is 14.6. The van der Waals surface area contributed by atoms with Gasteiger partial charge in [0.05, 0.1) is 28.5 Å². The van der Waals surface area contributed by atoms with Crippen LogP contribution in [0.3, 0.4) is 0 Å². The molecule has 0 saturated heterocycles. The van der Waals surface area contributed by atoms with Gasteiger partial charge in [-0.2, -0.15) is 5.10 Å². The molecule has 0 fully saturated rings. The van der Waals surface area contributed by atoms with E-state index in [0.717, 1.165) is 27.7 Å². The molecule has 1 aromatic heterocycles. The second-order valence-corrected chi connectivity index (χ2v) is 7.50. The lowest BCUT2D eigenvalue weighted by Crippen LogP contribution is -2.18. The molecule has 0 aliphatic carbocycles. The molecule has 1 heterocycles. The minimum absolute atomic E-state index is 0.505. The summed E-state index contributed by atoms with van der Waals surface area (Å²) >= 11 is 17.5. The van der Waals surface area contributed by atoms with Crippen LogP contribution in [0.5, 0.6) is 0 Å². The molecule has 4 aromatic rings. The van der Waals surface area contributed by atoms with Crippen molar-refractivity contribution in [1.82, 2.24) is 9.78 Å². The second kappa shape index (κ2) is 8.19. The first-order valence-corrected chi connectivity index (χ1v) is 9.77. The average Bonchev–Trinajstić information content (AvgIpc) is 3.11. The van der Waals surface area contributed by atoms with E-state index >= 15 is 0 Å². The van der Waals surface area contributed by atoms with Crippen molar-refractivity contribution in [2.24, 2.45) is 0 Å². The number of benzene rings is 3. The lowest BCUT2D eigenvalue weighted by Gasteiger charge is -2.11. The van der Waals surface area contributed by atoms with Gasteiger partial charge in [0.1, 0.15) is 0 Å². The van der Waals surface area contributed by atoms with Gasteiger partial charge < -0.3 is 10.6 Å². The lowest BCUT2D eigenvalue weighted by atomic mass is 10.1. The van der Waals surface area contributed by atoms with Gasteiger partial charge >= 0.3 is 0 Å². The molecule has 0 amide bonds. The zero-order valence-corrected chi connectivity index (χ0v) is 17.0. The van der Waals surface area contributed by atoms with Gasteiger partial charge in [0.15, 0.2) is 5.11 Å². The highest BCUT2D eigenvalue weighted by molar-refractivity contribution is 7.80. The Morgan fingerprint density at radius 3 is 2.64 bits per heavy atom. The number of hydrogen-bond donors (Lipinski definition) is 2. The Bertz CT molecular complexity index is 1150. The first-order chi connectivity index (χ1) is 13.6. The zero-order chi connectivity index (χ0) is 19.5. The maximum atomic E-state index is 6.07. The number of nitrogens with zero attached hydrogens (tertiary/aromatic N) is 2. The van der Waals surface area contributed by atoms with E-state index in [2.05, 4.69) is 33.9 Å². The van der Waals surface area contributed by atoms with E-state index < -0.39 is 0 Å². The highest BCUT2D eigenvalue weighted by Gasteiger charge is 2.06. The van der Waals surface area contributed by atoms with Crippen molar-refractivity contribution in [3.8, 4) is 0 Å². The van der Waals surface area contributed by atoms with Gasteiger partial charge in [0, 0.05) is 17.3 Å². The van der Waals surface area contributed by atoms with Crippen LogP contribution in [0.25, 0.3) is 10.8 Å². The van der Waals surface area contributed by atoms with Crippen LogP contribution in [0.1, 0.15) is 5.56 Å². The van der Waals surface area contributed by atoms with Gasteiger partial charge in [-0.25, -0.2) is 0 Å². The fourth-order valence-corrected chi connectivity index (χ4v) is 3.51. The summed E-state index contributed by atoms with van der Waals surface area (Å²) in [6, 6.07) is 19.8. The van der Waals surface area contributed by atoms with Crippen LogP contribution in [0, 0.1) is 0 Å². The Morgan fingerprint density at radius 1 is 0.964 bits per heavy atom. The lowest BCUT2D eigenvalue weighted by molar-refractivity contribution is 0.687. The smallest absolute Gasteiger partial charge is 0.175 e. The van der Waals surface area contributed by atoms with Crippen molar-refractivity contribution in [2.45, 2.75) is 6.54 Å². The summed E-state index contributed by atoms with van der Waals surface area (Å²) in [6.07, 6.45) is 3.62. The molecule has 2 N–H and O–H groups in total. The van der Waals surface area contributed by atoms with Crippen molar-refractivity contribution in [3.63, 3.8) is 0 Å². The highest BCUT2D eigenvalue weighted by Crippen LogP contribution is 2.24. The first-order valence-electron chi connectivity index (χ1n) is 8.61. The Balaban J connectivity index is 1.43. The predicted octanol–water partition coefficient (Wildman–Crippen LogP) is 6.20. The number of nitrogens with one attached hydrogen (secondary N) is 2. The molecule has 140 valence electrons. The fraction of sp³-hybridized carbons (Fsp3) is 0.0476. The van der Waals surface area contributed by atoms with Crippen LogP contribution in [0.4, 0.5) is 11.4 Å². The van der Waals surface area contributed by atoms with Crippen LogP contribution in [-0.2, 0) is 6.54 Å². The average molecular weight is 427 g/mol. The monoisotopic (exact) mass is 426 g/mol. The number of rotatable bonds is 4. The van der Waals surface area contributed by atoms with E-state index in [1.165, 1.54) is 0 Å². The maximum Gasteiger partial charge on any atom is 0.175 e. The SMILES string of the molecule is S=C(Nc1cnn(Cc2ccc(Cl)c(Cl)c2)c1)Nc1cccc2ccccc12. The van der Waals surface area contributed by atoms with Gasteiger partial charge in [-0.05, 0) is 41.4 Å². The summed E-state index contributed by atoms with van der Waals surface area (Å²) in [4.78, 5) is 0. The first kappa shape index (κ1) is 18.7. The number of halogens is 2. The van der Waals surface area contributed by atoms with Crippen molar-refractivity contribution in [2.75, 3.05) is 10.6 Å². The van der Waals surface area contributed by atoms with Crippen molar-refractivity contribution >= 4 is 62.7 Å². The summed E-state index contributed by atoms with van der Waals surface area (Å²) in [5.74, 6) is 0. The van der Waals surface area contributed by atoms with Gasteiger partial charge in [-0.3, -0.25) is 4.68 Å². The molecule has 0 aliphatic rings. The van der Waals surface area contributed by atoms with Crippen LogP contribution in [-0.4, -0.2) is 14.9 Å². The topological polar surface area (TPSA) is 41.9 Å². The minimum atomic E-state index is 0.505. The standard InChI is InChI=1S/C21H16Cl2N4S/c22-18-9-8-14(10-19(18)23)12-27-13-16(11-24-27)25-21(28)26-20-7-3-5-15-4-1-2-6-17(15)20/h1-11,13H,12H2,(H2,25,26,28). The maximum absolute atomic E-state index is 6.07. The van der Waals surface area contributed by atoms with Crippen LogP contribution in [0.2, 0.25) is 10.0 Å². The van der Waals surface area contributed by atoms with E-state index in [4.69, 9.17) is 35.4 Å². The summed E-state index contributed by atoms with van der Waals surface area (Å²) in [6.45, 7) is 0.585. The van der Waals surface area contributed by atoms with Crippen molar-refractivity contribution < 1.29 is 0 Å². The molecule has 0 bridgehead atoms. The third-order valence-corrected chi connectivity index (χ3v) is 5.20. The molecule has 7 heteroatoms. The molecule has 4 rings (SSSR count). The third kappa shape index (κ3) is 4.28. The van der Waals surface area contributed by atoms with E-state index in [-0.39, 0.29) is 0 Å². The third-order valence-electron chi connectivity index (χ3n) is 4.26. The largest absolute Gasteiger partial charge is 0.332 e. The molecule has 0 aliphatic heterocycles. The quantitative estimate of drug-likeness (QED) is 0.381. The Kier molecular flexibility index (Phi) is 5.48. The molecule has 0 spiro atoms. The van der Waals surface area contributed by atoms with Crippen LogP contribution >= 0.6 is 35.4 Å². The summed E-state index contributed by atoms with van der Waals surface area (Å²) in [7, 11) is 0. The number of anilines is 2. The minimum Gasteiger partial charge on any atom is -0.332 e. The molecule has 4 nitrogen and oxygen atoms in total. The van der Waals surface area contributed by atoms with Gasteiger partial charge in [-0.15, -0.1) is 0 Å². The fourth-order valence-electron chi connectivity index (χ4n) is 2.96.